The number of rotatable bonds is 7. The van der Waals surface area contributed by atoms with Gasteiger partial charge in [-0.3, -0.25) is 14.9 Å². The van der Waals surface area contributed by atoms with E-state index in [-0.39, 0.29) is 0 Å². The van der Waals surface area contributed by atoms with Crippen LogP contribution in [-0.4, -0.2) is 85.6 Å². The molecule has 0 bridgehead atoms. The van der Waals surface area contributed by atoms with E-state index >= 15 is 0 Å². The Balaban J connectivity index is 1.85. The molecule has 132 valence electrons. The fourth-order valence-electron chi connectivity index (χ4n) is 2.22. The SMILES string of the molecule is CC(=NCC(=S)N(C)C)c1cc(OCCN2CCOCC2)ccn1. The zero-order valence-electron chi connectivity index (χ0n) is 14.7. The van der Waals surface area contributed by atoms with E-state index in [9.17, 15) is 0 Å². The number of aromatic nitrogens is 1. The first kappa shape index (κ1) is 18.8. The number of aliphatic imine (C=N–C) groups is 1. The number of likely N-dealkylation sites (N-methyl/N-ethyl adjacent to an activating group) is 1. The van der Waals surface area contributed by atoms with Crippen LogP contribution in [0.25, 0.3) is 0 Å². The van der Waals surface area contributed by atoms with Crippen LogP contribution in [0.3, 0.4) is 0 Å². The number of morpholine rings is 1. The molecule has 0 aromatic carbocycles. The molecule has 0 N–H and O–H groups in total. The molecule has 24 heavy (non-hydrogen) atoms. The highest BCUT2D eigenvalue weighted by Gasteiger charge is 2.10. The van der Waals surface area contributed by atoms with Gasteiger partial charge in [-0.2, -0.15) is 0 Å². The Hall–Kier alpha value is -1.57. The summed E-state index contributed by atoms with van der Waals surface area (Å²) >= 11 is 5.25. The predicted molar refractivity (Wildman–Crippen MR) is 100 cm³/mol. The van der Waals surface area contributed by atoms with Gasteiger partial charge in [0.05, 0.1) is 36.2 Å². The van der Waals surface area contributed by atoms with E-state index in [1.54, 1.807) is 6.20 Å². The minimum Gasteiger partial charge on any atom is -0.492 e. The van der Waals surface area contributed by atoms with Crippen LogP contribution in [0.4, 0.5) is 0 Å². The third-order valence-electron chi connectivity index (χ3n) is 3.83. The van der Waals surface area contributed by atoms with E-state index in [1.165, 1.54) is 0 Å². The van der Waals surface area contributed by atoms with E-state index in [1.807, 2.05) is 38.1 Å². The van der Waals surface area contributed by atoms with Crippen LogP contribution in [0.15, 0.2) is 23.3 Å². The van der Waals surface area contributed by atoms with Gasteiger partial charge in [0.25, 0.3) is 0 Å². The van der Waals surface area contributed by atoms with Crippen LogP contribution in [-0.2, 0) is 4.74 Å². The Labute approximate surface area is 149 Å². The van der Waals surface area contributed by atoms with Crippen LogP contribution in [0.5, 0.6) is 5.75 Å². The van der Waals surface area contributed by atoms with E-state index in [4.69, 9.17) is 21.7 Å². The van der Waals surface area contributed by atoms with Crippen molar-refractivity contribution in [3.63, 3.8) is 0 Å². The molecular formula is C17H26N4O2S. The highest BCUT2D eigenvalue weighted by molar-refractivity contribution is 7.80. The number of thiocarbonyl (C=S) groups is 1. The monoisotopic (exact) mass is 350 g/mol. The highest BCUT2D eigenvalue weighted by atomic mass is 32.1. The standard InChI is InChI=1S/C17H26N4O2S/c1-14(19-13-17(24)20(2)3)16-12-15(4-5-18-16)23-11-8-21-6-9-22-10-7-21/h4-5,12H,6-11,13H2,1-3H3. The van der Waals surface area contributed by atoms with Crippen molar-refractivity contribution in [1.29, 1.82) is 0 Å². The molecule has 0 amide bonds. The number of pyridine rings is 1. The number of nitrogens with zero attached hydrogens (tertiary/aromatic N) is 4. The number of hydrogen-bond donors (Lipinski definition) is 0. The lowest BCUT2D eigenvalue weighted by Gasteiger charge is -2.26. The lowest BCUT2D eigenvalue weighted by Crippen LogP contribution is -2.38. The first-order chi connectivity index (χ1) is 11.6. The lowest BCUT2D eigenvalue weighted by molar-refractivity contribution is 0.0322. The fourth-order valence-corrected chi connectivity index (χ4v) is 2.29. The van der Waals surface area contributed by atoms with Gasteiger partial charge in [0.2, 0.25) is 0 Å². The first-order valence-electron chi connectivity index (χ1n) is 8.17. The van der Waals surface area contributed by atoms with E-state index in [0.717, 1.165) is 55.0 Å². The van der Waals surface area contributed by atoms with Gasteiger partial charge in [-0.25, -0.2) is 0 Å². The van der Waals surface area contributed by atoms with Crippen molar-refractivity contribution in [2.75, 3.05) is 60.1 Å². The Morgan fingerprint density at radius 1 is 1.42 bits per heavy atom. The van der Waals surface area contributed by atoms with Gasteiger partial charge < -0.3 is 14.4 Å². The third kappa shape index (κ3) is 6.14. The quantitative estimate of drug-likeness (QED) is 0.549. The molecule has 1 aromatic heterocycles. The molecular weight excluding hydrogens is 324 g/mol. The second kappa shape index (κ2) is 9.66. The summed E-state index contributed by atoms with van der Waals surface area (Å²) in [7, 11) is 3.85. The van der Waals surface area contributed by atoms with E-state index < -0.39 is 0 Å². The molecule has 0 atom stereocenters. The molecule has 1 fully saturated rings. The van der Waals surface area contributed by atoms with Crippen molar-refractivity contribution >= 4 is 22.9 Å². The average Bonchev–Trinajstić information content (AvgIpc) is 2.60. The predicted octanol–water partition coefficient (Wildman–Crippen LogP) is 1.49. The summed E-state index contributed by atoms with van der Waals surface area (Å²) in [5.74, 6) is 0.818. The summed E-state index contributed by atoms with van der Waals surface area (Å²) < 4.78 is 11.2. The molecule has 1 saturated heterocycles. The molecule has 2 heterocycles. The molecule has 0 saturated carbocycles. The van der Waals surface area contributed by atoms with Gasteiger partial charge in [-0.1, -0.05) is 12.2 Å². The summed E-state index contributed by atoms with van der Waals surface area (Å²) in [6, 6.07) is 3.80. The van der Waals surface area contributed by atoms with Crippen LogP contribution in [0.2, 0.25) is 0 Å². The topological polar surface area (TPSA) is 50.2 Å². The Morgan fingerprint density at radius 3 is 2.88 bits per heavy atom. The molecule has 0 spiro atoms. The molecule has 2 rings (SSSR count). The lowest BCUT2D eigenvalue weighted by atomic mass is 10.2. The Bertz CT molecular complexity index is 571. The third-order valence-corrected chi connectivity index (χ3v) is 4.33. The van der Waals surface area contributed by atoms with Crippen LogP contribution in [0.1, 0.15) is 12.6 Å². The zero-order chi connectivity index (χ0) is 17.4. The summed E-state index contributed by atoms with van der Waals surface area (Å²) in [4.78, 5) is 13.9. The molecule has 6 nitrogen and oxygen atoms in total. The molecule has 7 heteroatoms. The summed E-state index contributed by atoms with van der Waals surface area (Å²) in [5.41, 5.74) is 1.68. The molecule has 0 radical (unpaired) electrons. The number of hydrogen-bond acceptors (Lipinski definition) is 6. The Morgan fingerprint density at radius 2 is 2.17 bits per heavy atom. The number of ether oxygens (including phenoxy) is 2. The average molecular weight is 350 g/mol. The van der Waals surface area contributed by atoms with E-state index in [2.05, 4.69) is 14.9 Å². The zero-order valence-corrected chi connectivity index (χ0v) is 15.5. The summed E-state index contributed by atoms with van der Waals surface area (Å²) in [5, 5.41) is 0. The van der Waals surface area contributed by atoms with Gasteiger partial charge in [0.1, 0.15) is 12.4 Å². The van der Waals surface area contributed by atoms with Crippen molar-refractivity contribution in [3.8, 4) is 5.75 Å². The van der Waals surface area contributed by atoms with Gasteiger partial charge in [0.15, 0.2) is 0 Å². The van der Waals surface area contributed by atoms with Crippen LogP contribution >= 0.6 is 12.2 Å². The molecule has 1 aliphatic heterocycles. The molecule has 1 aromatic rings. The fraction of sp³-hybridized carbons (Fsp3) is 0.588. The van der Waals surface area contributed by atoms with Gasteiger partial charge in [-0.05, 0) is 13.0 Å². The minimum atomic E-state index is 0.498. The van der Waals surface area contributed by atoms with Gasteiger partial charge >= 0.3 is 0 Å². The minimum absolute atomic E-state index is 0.498. The van der Waals surface area contributed by atoms with Crippen LogP contribution < -0.4 is 4.74 Å². The molecule has 0 aliphatic carbocycles. The maximum Gasteiger partial charge on any atom is 0.123 e. The van der Waals surface area contributed by atoms with Crippen molar-refractivity contribution in [3.05, 3.63) is 24.0 Å². The second-order valence-electron chi connectivity index (χ2n) is 5.87. The normalized spacial score (nSPS) is 16.0. The smallest absolute Gasteiger partial charge is 0.123 e. The highest BCUT2D eigenvalue weighted by Crippen LogP contribution is 2.12. The first-order valence-corrected chi connectivity index (χ1v) is 8.57. The summed E-state index contributed by atoms with van der Waals surface area (Å²) in [6.07, 6.45) is 1.75. The maximum absolute atomic E-state index is 5.85. The summed E-state index contributed by atoms with van der Waals surface area (Å²) in [6.45, 7) is 7.57. The molecule has 1 aliphatic rings. The van der Waals surface area contributed by atoms with Crippen LogP contribution in [0, 0.1) is 0 Å². The van der Waals surface area contributed by atoms with Crippen molar-refractivity contribution in [2.45, 2.75) is 6.92 Å². The Kier molecular flexibility index (Phi) is 7.55. The largest absolute Gasteiger partial charge is 0.492 e. The van der Waals surface area contributed by atoms with E-state index in [0.29, 0.717) is 13.2 Å². The van der Waals surface area contributed by atoms with Gasteiger partial charge in [0, 0.05) is 46.0 Å². The van der Waals surface area contributed by atoms with Crippen molar-refractivity contribution in [2.24, 2.45) is 4.99 Å². The second-order valence-corrected chi connectivity index (χ2v) is 6.34. The maximum atomic E-state index is 5.85. The van der Waals surface area contributed by atoms with Crippen molar-refractivity contribution in [1.82, 2.24) is 14.8 Å². The molecule has 0 unspecified atom stereocenters. The van der Waals surface area contributed by atoms with Gasteiger partial charge in [-0.15, -0.1) is 0 Å². The van der Waals surface area contributed by atoms with Crippen molar-refractivity contribution < 1.29 is 9.47 Å².